The van der Waals surface area contributed by atoms with Crippen molar-refractivity contribution in [3.05, 3.63) is 52.7 Å². The lowest BCUT2D eigenvalue weighted by Gasteiger charge is -2.13. The second-order valence-electron chi connectivity index (χ2n) is 6.73. The van der Waals surface area contributed by atoms with Crippen molar-refractivity contribution in [1.29, 1.82) is 0 Å². The zero-order valence-corrected chi connectivity index (χ0v) is 16.1. The van der Waals surface area contributed by atoms with Crippen molar-refractivity contribution < 1.29 is 24.2 Å². The van der Waals surface area contributed by atoms with E-state index < -0.39 is 29.4 Å². The number of fused-ring (bicyclic) bond motifs is 1. The van der Waals surface area contributed by atoms with Crippen LogP contribution in [0.15, 0.2) is 51.7 Å². The molecule has 3 aromatic rings. The number of ether oxygens (including phenoxy) is 1. The molecular weight excluding hydrogens is 376 g/mol. The minimum Gasteiger partial charge on any atom is -0.504 e. The quantitative estimate of drug-likeness (QED) is 0.557. The van der Waals surface area contributed by atoms with Crippen LogP contribution in [0, 0.1) is 0 Å². The van der Waals surface area contributed by atoms with E-state index in [4.69, 9.17) is 9.15 Å². The molecule has 3 N–H and O–H groups in total. The van der Waals surface area contributed by atoms with E-state index in [0.29, 0.717) is 24.4 Å². The van der Waals surface area contributed by atoms with Crippen LogP contribution in [0.1, 0.15) is 0 Å². The van der Waals surface area contributed by atoms with Crippen molar-refractivity contribution in [2.75, 3.05) is 33.8 Å². The molecule has 0 aliphatic rings. The number of nitrogens with one attached hydrogen (secondary N) is 1. The second kappa shape index (κ2) is 8.66. The molecule has 2 aromatic carbocycles. The summed E-state index contributed by atoms with van der Waals surface area (Å²) in [6.07, 6.45) is 0. The summed E-state index contributed by atoms with van der Waals surface area (Å²) in [5.41, 5.74) is 0.192. The number of rotatable bonds is 7. The molecule has 0 unspecified atom stereocenters. The lowest BCUT2D eigenvalue weighted by Crippen LogP contribution is -2.34. The SMILES string of the molecule is CN(C)CCNC(=O)COc1c(O)cc2oc(-c3ccccc3)cc(=O)c2c1O. The highest BCUT2D eigenvalue weighted by Gasteiger charge is 2.20. The van der Waals surface area contributed by atoms with Gasteiger partial charge in [0.1, 0.15) is 16.7 Å². The van der Waals surface area contributed by atoms with Gasteiger partial charge in [-0.05, 0) is 14.1 Å². The average molecular weight is 398 g/mol. The maximum Gasteiger partial charge on any atom is 0.257 e. The van der Waals surface area contributed by atoms with Crippen LogP contribution < -0.4 is 15.5 Å². The number of likely N-dealkylation sites (N-methyl/N-ethyl adjacent to an activating group) is 1. The Morgan fingerprint density at radius 3 is 2.59 bits per heavy atom. The van der Waals surface area contributed by atoms with Crippen molar-refractivity contribution in [2.24, 2.45) is 0 Å². The van der Waals surface area contributed by atoms with Crippen LogP contribution >= 0.6 is 0 Å². The molecule has 0 atom stereocenters. The Morgan fingerprint density at radius 1 is 1.17 bits per heavy atom. The zero-order valence-electron chi connectivity index (χ0n) is 16.1. The molecule has 0 bridgehead atoms. The number of carbonyl (C=O) groups excluding carboxylic acids is 1. The normalized spacial score (nSPS) is 11.0. The van der Waals surface area contributed by atoms with Gasteiger partial charge in [-0.2, -0.15) is 0 Å². The van der Waals surface area contributed by atoms with Crippen molar-refractivity contribution in [3.8, 4) is 28.6 Å². The summed E-state index contributed by atoms with van der Waals surface area (Å²) in [4.78, 5) is 26.3. The van der Waals surface area contributed by atoms with Gasteiger partial charge in [0.2, 0.25) is 5.75 Å². The molecule has 0 saturated heterocycles. The van der Waals surface area contributed by atoms with Crippen molar-refractivity contribution in [3.63, 3.8) is 0 Å². The molecule has 3 rings (SSSR count). The Balaban J connectivity index is 1.86. The topological polar surface area (TPSA) is 112 Å². The summed E-state index contributed by atoms with van der Waals surface area (Å²) in [5, 5.41) is 23.2. The van der Waals surface area contributed by atoms with Gasteiger partial charge < -0.3 is 29.6 Å². The highest BCUT2D eigenvalue weighted by Crippen LogP contribution is 2.41. The molecule has 0 fully saturated rings. The number of phenolic OH excluding ortho intramolecular Hbond substituents is 2. The molecule has 8 heteroatoms. The minimum absolute atomic E-state index is 0.00846. The molecule has 0 spiro atoms. The highest BCUT2D eigenvalue weighted by atomic mass is 16.5. The number of carbonyl (C=O) groups is 1. The first kappa shape index (κ1) is 20.2. The summed E-state index contributed by atoms with van der Waals surface area (Å²) in [7, 11) is 3.76. The first-order valence-electron chi connectivity index (χ1n) is 8.99. The first-order valence-corrected chi connectivity index (χ1v) is 8.99. The van der Waals surface area contributed by atoms with E-state index in [9.17, 15) is 19.8 Å². The molecule has 1 heterocycles. The van der Waals surface area contributed by atoms with Crippen LogP contribution in [0.25, 0.3) is 22.3 Å². The largest absolute Gasteiger partial charge is 0.504 e. The third-order valence-electron chi connectivity index (χ3n) is 4.21. The number of phenols is 2. The molecule has 0 aliphatic carbocycles. The third-order valence-corrected chi connectivity index (χ3v) is 4.21. The van der Waals surface area contributed by atoms with Crippen LogP contribution in [0.2, 0.25) is 0 Å². The van der Waals surface area contributed by atoms with Crippen LogP contribution in [0.5, 0.6) is 17.2 Å². The Bertz CT molecular complexity index is 1080. The van der Waals surface area contributed by atoms with E-state index in [1.807, 2.05) is 25.1 Å². The van der Waals surface area contributed by atoms with Gasteiger partial charge in [0.15, 0.2) is 23.5 Å². The smallest absolute Gasteiger partial charge is 0.257 e. The number of hydrogen-bond acceptors (Lipinski definition) is 7. The molecule has 0 aliphatic heterocycles. The lowest BCUT2D eigenvalue weighted by molar-refractivity contribution is -0.123. The van der Waals surface area contributed by atoms with Gasteiger partial charge in [-0.25, -0.2) is 0 Å². The van der Waals surface area contributed by atoms with Crippen LogP contribution in [0.4, 0.5) is 0 Å². The first-order chi connectivity index (χ1) is 13.9. The van der Waals surface area contributed by atoms with Crippen LogP contribution in [-0.2, 0) is 4.79 Å². The Labute approximate surface area is 166 Å². The van der Waals surface area contributed by atoms with E-state index in [1.165, 1.54) is 12.1 Å². The zero-order chi connectivity index (χ0) is 21.0. The van der Waals surface area contributed by atoms with Crippen LogP contribution in [0.3, 0.4) is 0 Å². The predicted octanol–water partition coefficient (Wildman–Crippen LogP) is 1.93. The maximum absolute atomic E-state index is 12.6. The Kier molecular flexibility index (Phi) is 6.04. The van der Waals surface area contributed by atoms with Gasteiger partial charge >= 0.3 is 0 Å². The van der Waals surface area contributed by atoms with Gasteiger partial charge in [0.05, 0.1) is 0 Å². The van der Waals surface area contributed by atoms with E-state index in [0.717, 1.165) is 0 Å². The predicted molar refractivity (Wildman–Crippen MR) is 108 cm³/mol. The molecule has 29 heavy (non-hydrogen) atoms. The summed E-state index contributed by atoms with van der Waals surface area (Å²) in [6.45, 7) is 0.660. The van der Waals surface area contributed by atoms with Gasteiger partial charge in [0.25, 0.3) is 5.91 Å². The number of amides is 1. The third kappa shape index (κ3) is 4.67. The van der Waals surface area contributed by atoms with Gasteiger partial charge in [-0.3, -0.25) is 9.59 Å². The van der Waals surface area contributed by atoms with Crippen molar-refractivity contribution in [2.45, 2.75) is 0 Å². The minimum atomic E-state index is -0.575. The Hall–Kier alpha value is -3.52. The van der Waals surface area contributed by atoms with Crippen molar-refractivity contribution in [1.82, 2.24) is 10.2 Å². The maximum atomic E-state index is 12.6. The monoisotopic (exact) mass is 398 g/mol. The molecular formula is C21H22N2O6. The molecule has 152 valence electrons. The van der Waals surface area contributed by atoms with Crippen molar-refractivity contribution >= 4 is 16.9 Å². The summed E-state index contributed by atoms with van der Waals surface area (Å²) >= 11 is 0. The molecule has 0 saturated carbocycles. The molecule has 8 nitrogen and oxygen atoms in total. The molecule has 1 amide bonds. The lowest BCUT2D eigenvalue weighted by atomic mass is 10.1. The van der Waals surface area contributed by atoms with E-state index in [1.54, 1.807) is 24.3 Å². The highest BCUT2D eigenvalue weighted by molar-refractivity contribution is 5.89. The van der Waals surface area contributed by atoms with E-state index >= 15 is 0 Å². The van der Waals surface area contributed by atoms with Crippen LogP contribution in [-0.4, -0.2) is 54.8 Å². The van der Waals surface area contributed by atoms with Gasteiger partial charge in [0, 0.05) is 30.8 Å². The number of aromatic hydroxyl groups is 2. The second-order valence-corrected chi connectivity index (χ2v) is 6.73. The number of hydrogen-bond donors (Lipinski definition) is 3. The van der Waals surface area contributed by atoms with E-state index in [2.05, 4.69) is 5.32 Å². The average Bonchev–Trinajstić information content (AvgIpc) is 2.67. The fourth-order valence-electron chi connectivity index (χ4n) is 2.77. The number of nitrogens with zero attached hydrogens (tertiary/aromatic N) is 1. The summed E-state index contributed by atoms with van der Waals surface area (Å²) in [5.74, 6) is -1.48. The molecule has 1 aromatic heterocycles. The Morgan fingerprint density at radius 2 is 1.90 bits per heavy atom. The van der Waals surface area contributed by atoms with Gasteiger partial charge in [-0.1, -0.05) is 30.3 Å². The standard InChI is InChI=1S/C21H22N2O6/c1-23(2)9-8-22-18(26)12-28-21-15(25)11-17-19(20(21)27)14(24)10-16(29-17)13-6-4-3-5-7-13/h3-7,10-11,25,27H,8-9,12H2,1-2H3,(H,22,26). The van der Waals surface area contributed by atoms with Gasteiger partial charge in [-0.15, -0.1) is 0 Å². The fraction of sp³-hybridized carbons (Fsp3) is 0.238. The fourth-order valence-corrected chi connectivity index (χ4v) is 2.77. The molecule has 0 radical (unpaired) electrons. The van der Waals surface area contributed by atoms with E-state index in [-0.39, 0.29) is 16.7 Å². The summed E-state index contributed by atoms with van der Waals surface area (Å²) in [6, 6.07) is 11.4. The summed E-state index contributed by atoms with van der Waals surface area (Å²) < 4.78 is 10.9. The number of benzene rings is 2.